The first-order chi connectivity index (χ1) is 26.6. The smallest absolute Gasteiger partial charge is 0.268 e. The first-order valence-corrected chi connectivity index (χ1v) is 18.6. The number of H-pyrrole nitrogens is 1. The molecule has 3 heterocycles. The third kappa shape index (κ3) is 7.96. The number of ketones is 2. The predicted molar refractivity (Wildman–Crippen MR) is 207 cm³/mol. The summed E-state index contributed by atoms with van der Waals surface area (Å²) in [6.07, 6.45) is 1.03. The Labute approximate surface area is 318 Å². The maximum Gasteiger partial charge on any atom is 0.268 e. The van der Waals surface area contributed by atoms with Crippen LogP contribution in [0.25, 0.3) is 10.9 Å². The van der Waals surface area contributed by atoms with Gasteiger partial charge in [-0.25, -0.2) is 0 Å². The van der Waals surface area contributed by atoms with Gasteiger partial charge in [-0.05, 0) is 72.7 Å². The highest BCUT2D eigenvalue weighted by Crippen LogP contribution is 2.41. The molecule has 7 rings (SSSR count). The van der Waals surface area contributed by atoms with Crippen LogP contribution in [0.3, 0.4) is 0 Å². The molecule has 4 aromatic carbocycles. The number of carbonyl (C=O) groups is 6. The number of rotatable bonds is 13. The molecule has 0 bridgehead atoms. The fourth-order valence-electron chi connectivity index (χ4n) is 8.05. The van der Waals surface area contributed by atoms with Gasteiger partial charge in [-0.1, -0.05) is 84.9 Å². The van der Waals surface area contributed by atoms with Crippen molar-refractivity contribution in [3.8, 4) is 0 Å². The summed E-state index contributed by atoms with van der Waals surface area (Å²) < 4.78 is 0. The molecule has 5 aromatic rings. The van der Waals surface area contributed by atoms with Gasteiger partial charge in [-0.3, -0.25) is 28.8 Å². The molecule has 0 unspecified atom stereocenters. The Morgan fingerprint density at radius 1 is 0.855 bits per heavy atom. The predicted octanol–water partition coefficient (Wildman–Crippen LogP) is 5.30. The van der Waals surface area contributed by atoms with Gasteiger partial charge in [0.15, 0.2) is 11.6 Å². The van der Waals surface area contributed by atoms with E-state index >= 15 is 0 Å². The van der Waals surface area contributed by atoms with Crippen molar-refractivity contribution in [1.82, 2.24) is 20.5 Å². The fourth-order valence-corrected chi connectivity index (χ4v) is 8.05. The highest BCUT2D eigenvalue weighted by Gasteiger charge is 2.47. The molecule has 0 radical (unpaired) electrons. The fraction of sp³-hybridized carbons (Fsp3) is 0.273. The number of nitrogens with zero attached hydrogens (tertiary/aromatic N) is 1. The van der Waals surface area contributed by atoms with E-state index in [0.717, 1.165) is 22.3 Å². The Morgan fingerprint density at radius 3 is 2.20 bits per heavy atom. The SMILES string of the molecule is CC(=O)c1ccc2[nH]c(C(=O)N[C@H]3Cc4ccccc4[C@H]4CC[C@@H](C(=O)N[C@@H](CCC(N)=O)C(=O)CC(c5ccccc5)c5ccccc5)N4C3=O)cc2c1. The summed E-state index contributed by atoms with van der Waals surface area (Å²) in [6, 6.07) is 30.4. The van der Waals surface area contributed by atoms with E-state index in [1.54, 1.807) is 29.2 Å². The molecule has 11 heteroatoms. The van der Waals surface area contributed by atoms with Crippen LogP contribution in [0.15, 0.2) is 109 Å². The average Bonchev–Trinajstić information content (AvgIpc) is 3.81. The van der Waals surface area contributed by atoms with Crippen molar-refractivity contribution in [2.75, 3.05) is 0 Å². The van der Waals surface area contributed by atoms with E-state index in [0.29, 0.717) is 29.3 Å². The molecule has 1 fully saturated rings. The summed E-state index contributed by atoms with van der Waals surface area (Å²) >= 11 is 0. The topological polar surface area (TPSA) is 172 Å². The summed E-state index contributed by atoms with van der Waals surface area (Å²) in [6.45, 7) is 1.47. The van der Waals surface area contributed by atoms with Gasteiger partial charge >= 0.3 is 0 Å². The van der Waals surface area contributed by atoms with E-state index in [9.17, 15) is 28.8 Å². The number of amides is 4. The van der Waals surface area contributed by atoms with Gasteiger partial charge in [-0.2, -0.15) is 0 Å². The van der Waals surface area contributed by atoms with E-state index in [4.69, 9.17) is 5.73 Å². The molecule has 0 saturated carbocycles. The number of primary amides is 1. The lowest BCUT2D eigenvalue weighted by atomic mass is 9.85. The minimum absolute atomic E-state index is 0.0141. The number of Topliss-reactive ketones (excluding diaryl/α,β-unsaturated/α-hetero) is 2. The molecule has 2 aliphatic rings. The van der Waals surface area contributed by atoms with Gasteiger partial charge in [0, 0.05) is 41.6 Å². The van der Waals surface area contributed by atoms with Crippen LogP contribution in [0, 0.1) is 0 Å². The number of hydrogen-bond acceptors (Lipinski definition) is 6. The number of aromatic amines is 1. The number of hydrogen-bond donors (Lipinski definition) is 4. The van der Waals surface area contributed by atoms with Crippen molar-refractivity contribution in [1.29, 1.82) is 0 Å². The van der Waals surface area contributed by atoms with Gasteiger partial charge in [-0.15, -0.1) is 0 Å². The standard InChI is InChI=1S/C44H43N5O6/c1-26(50)29-16-17-34-31(22-29)24-36(46-34)42(53)48-37-23-30-14-8-9-15-32(30)38-19-20-39(49(38)44(37)55)43(54)47-35(18-21-41(45)52)40(51)25-33(27-10-4-2-5-11-27)28-12-6-3-7-13-28/h2-17,22,24,33,35,37-39,46H,18-21,23,25H2,1H3,(H2,45,52)(H,47,54)(H,48,53)/t35-,37-,38+,39-/m0/s1. The summed E-state index contributed by atoms with van der Waals surface area (Å²) in [5.74, 6) is -2.65. The van der Waals surface area contributed by atoms with Crippen LogP contribution in [-0.2, 0) is 25.6 Å². The maximum absolute atomic E-state index is 14.5. The van der Waals surface area contributed by atoms with Crippen molar-refractivity contribution < 1.29 is 28.8 Å². The van der Waals surface area contributed by atoms with Crippen molar-refractivity contribution in [3.05, 3.63) is 143 Å². The Balaban J connectivity index is 1.13. The molecule has 4 atom stereocenters. The maximum atomic E-state index is 14.5. The number of carbonyl (C=O) groups excluding carboxylic acids is 6. The van der Waals surface area contributed by atoms with Gasteiger partial charge in [0.2, 0.25) is 17.7 Å². The molecular formula is C44H43N5O6. The zero-order valence-electron chi connectivity index (χ0n) is 30.5. The minimum atomic E-state index is -1.02. The van der Waals surface area contributed by atoms with Crippen LogP contribution in [0.1, 0.15) is 94.1 Å². The summed E-state index contributed by atoms with van der Waals surface area (Å²) in [7, 11) is 0. The summed E-state index contributed by atoms with van der Waals surface area (Å²) in [4.78, 5) is 85.1. The van der Waals surface area contributed by atoms with E-state index < -0.39 is 47.8 Å². The number of nitrogens with two attached hydrogens (primary N) is 1. The van der Waals surface area contributed by atoms with Crippen LogP contribution >= 0.6 is 0 Å². The quantitative estimate of drug-likeness (QED) is 0.120. The number of benzene rings is 4. The Hall–Kier alpha value is -6.36. The monoisotopic (exact) mass is 737 g/mol. The second-order valence-corrected chi connectivity index (χ2v) is 14.4. The molecule has 1 saturated heterocycles. The molecular weight excluding hydrogens is 695 g/mol. The van der Waals surface area contributed by atoms with Crippen molar-refractivity contribution in [2.45, 2.75) is 75.5 Å². The highest BCUT2D eigenvalue weighted by molar-refractivity contribution is 6.03. The normalized spacial score (nSPS) is 18.3. The van der Waals surface area contributed by atoms with Gasteiger partial charge < -0.3 is 26.3 Å². The van der Waals surface area contributed by atoms with Gasteiger partial charge in [0.1, 0.15) is 17.8 Å². The van der Waals surface area contributed by atoms with Crippen molar-refractivity contribution in [3.63, 3.8) is 0 Å². The van der Waals surface area contributed by atoms with Crippen LogP contribution in [0.4, 0.5) is 0 Å². The van der Waals surface area contributed by atoms with Gasteiger partial charge in [0.05, 0.1) is 12.1 Å². The van der Waals surface area contributed by atoms with E-state index in [2.05, 4.69) is 15.6 Å². The first-order valence-electron chi connectivity index (χ1n) is 18.6. The Morgan fingerprint density at radius 2 is 1.53 bits per heavy atom. The number of nitrogens with one attached hydrogen (secondary N) is 3. The lowest BCUT2D eigenvalue weighted by Crippen LogP contribution is -2.55. The molecule has 1 aromatic heterocycles. The van der Waals surface area contributed by atoms with E-state index in [-0.39, 0.29) is 48.9 Å². The zero-order chi connectivity index (χ0) is 38.6. The molecule has 0 spiro atoms. The van der Waals surface area contributed by atoms with Crippen LogP contribution in [0.2, 0.25) is 0 Å². The molecule has 4 amide bonds. The molecule has 5 N–H and O–H groups in total. The average molecular weight is 738 g/mol. The summed E-state index contributed by atoms with van der Waals surface area (Å²) in [5, 5.41) is 6.52. The van der Waals surface area contributed by atoms with Crippen LogP contribution < -0.4 is 16.4 Å². The lowest BCUT2D eigenvalue weighted by molar-refractivity contribution is -0.142. The molecule has 0 aliphatic carbocycles. The van der Waals surface area contributed by atoms with Crippen LogP contribution in [-0.4, -0.2) is 63.2 Å². The molecule has 55 heavy (non-hydrogen) atoms. The van der Waals surface area contributed by atoms with E-state index in [1.807, 2.05) is 84.9 Å². The number of fused-ring (bicyclic) bond motifs is 4. The first kappa shape index (κ1) is 37.0. The Bertz CT molecular complexity index is 2230. The van der Waals surface area contributed by atoms with Crippen molar-refractivity contribution in [2.24, 2.45) is 5.73 Å². The minimum Gasteiger partial charge on any atom is -0.370 e. The second kappa shape index (κ2) is 15.9. The molecule has 280 valence electrons. The highest BCUT2D eigenvalue weighted by atomic mass is 16.2. The van der Waals surface area contributed by atoms with E-state index in [1.165, 1.54) is 6.92 Å². The largest absolute Gasteiger partial charge is 0.370 e. The Kier molecular flexibility index (Phi) is 10.7. The zero-order valence-corrected chi connectivity index (χ0v) is 30.5. The second-order valence-electron chi connectivity index (χ2n) is 14.4. The molecule has 2 aliphatic heterocycles. The third-order valence-corrected chi connectivity index (χ3v) is 10.8. The van der Waals surface area contributed by atoms with Crippen LogP contribution in [0.5, 0.6) is 0 Å². The third-order valence-electron chi connectivity index (χ3n) is 10.8. The summed E-state index contributed by atoms with van der Waals surface area (Å²) in [5.41, 5.74) is 10.6. The molecule has 11 nitrogen and oxygen atoms in total. The van der Waals surface area contributed by atoms with Crippen molar-refractivity contribution >= 4 is 46.1 Å². The lowest BCUT2D eigenvalue weighted by Gasteiger charge is -2.32. The van der Waals surface area contributed by atoms with Gasteiger partial charge in [0.25, 0.3) is 5.91 Å². The number of aromatic nitrogens is 1.